The standard InChI is InChI=1S/C16H27NO/c1-7-9-10-12(3)15-13(4)11-14(5)17(6)16(15)18-8-2/h11,13H,3,7-10H2,1-2,4-6H3. The number of allylic oxidation sites excluding steroid dienone is 4. The van der Waals surface area contributed by atoms with E-state index in [1.807, 2.05) is 6.92 Å². The lowest BCUT2D eigenvalue weighted by molar-refractivity contribution is 0.145. The van der Waals surface area contributed by atoms with Crippen molar-refractivity contribution in [1.82, 2.24) is 4.90 Å². The van der Waals surface area contributed by atoms with E-state index in [-0.39, 0.29) is 0 Å². The van der Waals surface area contributed by atoms with Crippen molar-refractivity contribution in [2.75, 3.05) is 13.7 Å². The van der Waals surface area contributed by atoms with Gasteiger partial charge in [-0.25, -0.2) is 0 Å². The van der Waals surface area contributed by atoms with Gasteiger partial charge in [-0.2, -0.15) is 0 Å². The lowest BCUT2D eigenvalue weighted by atomic mass is 9.89. The van der Waals surface area contributed by atoms with E-state index in [1.165, 1.54) is 29.7 Å². The molecule has 0 saturated heterocycles. The Morgan fingerprint density at radius 1 is 1.44 bits per heavy atom. The van der Waals surface area contributed by atoms with Crippen LogP contribution in [-0.2, 0) is 4.74 Å². The average molecular weight is 249 g/mol. The number of ether oxygens (including phenoxy) is 1. The van der Waals surface area contributed by atoms with Crippen LogP contribution in [0.25, 0.3) is 0 Å². The molecule has 0 bridgehead atoms. The number of unbranched alkanes of at least 4 members (excludes halogenated alkanes) is 1. The van der Waals surface area contributed by atoms with Crippen LogP contribution in [0.1, 0.15) is 47.0 Å². The van der Waals surface area contributed by atoms with Crippen molar-refractivity contribution >= 4 is 0 Å². The van der Waals surface area contributed by atoms with Crippen LogP contribution in [0.5, 0.6) is 0 Å². The molecule has 1 heterocycles. The molecule has 0 amide bonds. The fraction of sp³-hybridized carbons (Fsp3) is 0.625. The molecule has 0 N–H and O–H groups in total. The van der Waals surface area contributed by atoms with E-state index >= 15 is 0 Å². The number of hydrogen-bond donors (Lipinski definition) is 0. The van der Waals surface area contributed by atoms with Crippen LogP contribution in [0.4, 0.5) is 0 Å². The van der Waals surface area contributed by atoms with Crippen LogP contribution in [-0.4, -0.2) is 18.6 Å². The van der Waals surface area contributed by atoms with Gasteiger partial charge in [0.15, 0.2) is 5.88 Å². The number of nitrogens with zero attached hydrogens (tertiary/aromatic N) is 1. The molecule has 1 aliphatic rings. The summed E-state index contributed by atoms with van der Waals surface area (Å²) in [6.07, 6.45) is 5.75. The Bertz CT molecular complexity index is 365. The van der Waals surface area contributed by atoms with Gasteiger partial charge in [0.1, 0.15) is 0 Å². The fourth-order valence-electron chi connectivity index (χ4n) is 2.40. The largest absolute Gasteiger partial charge is 0.479 e. The van der Waals surface area contributed by atoms with Gasteiger partial charge in [0.25, 0.3) is 0 Å². The van der Waals surface area contributed by atoms with Crippen molar-refractivity contribution in [3.05, 3.63) is 35.4 Å². The Morgan fingerprint density at radius 3 is 2.67 bits per heavy atom. The molecule has 2 nitrogen and oxygen atoms in total. The smallest absolute Gasteiger partial charge is 0.197 e. The highest BCUT2D eigenvalue weighted by molar-refractivity contribution is 5.39. The molecule has 0 aromatic rings. The van der Waals surface area contributed by atoms with Gasteiger partial charge in [0, 0.05) is 24.2 Å². The van der Waals surface area contributed by atoms with E-state index in [2.05, 4.69) is 45.4 Å². The van der Waals surface area contributed by atoms with Gasteiger partial charge in [0.2, 0.25) is 0 Å². The van der Waals surface area contributed by atoms with Crippen molar-refractivity contribution in [3.8, 4) is 0 Å². The highest BCUT2D eigenvalue weighted by atomic mass is 16.5. The van der Waals surface area contributed by atoms with Gasteiger partial charge in [0.05, 0.1) is 6.61 Å². The SMILES string of the molecule is C=C(CCCC)C1=C(OCC)N(C)C(C)=CC1C. The molecule has 1 rings (SSSR count). The zero-order valence-corrected chi connectivity index (χ0v) is 12.5. The molecule has 0 aliphatic carbocycles. The number of hydrogen-bond acceptors (Lipinski definition) is 2. The average Bonchev–Trinajstić information content (AvgIpc) is 2.33. The second kappa shape index (κ2) is 6.67. The highest BCUT2D eigenvalue weighted by Gasteiger charge is 2.25. The van der Waals surface area contributed by atoms with Crippen LogP contribution in [0.3, 0.4) is 0 Å². The zero-order valence-electron chi connectivity index (χ0n) is 12.5. The van der Waals surface area contributed by atoms with E-state index in [0.717, 1.165) is 12.3 Å². The Morgan fingerprint density at radius 2 is 2.11 bits per heavy atom. The van der Waals surface area contributed by atoms with E-state index < -0.39 is 0 Å². The van der Waals surface area contributed by atoms with Crippen molar-refractivity contribution < 1.29 is 4.74 Å². The Hall–Kier alpha value is -1.18. The minimum absolute atomic E-state index is 0.395. The summed E-state index contributed by atoms with van der Waals surface area (Å²) in [5, 5.41) is 0. The third kappa shape index (κ3) is 3.18. The normalized spacial score (nSPS) is 19.9. The molecule has 18 heavy (non-hydrogen) atoms. The summed E-state index contributed by atoms with van der Waals surface area (Å²) in [4.78, 5) is 2.13. The molecule has 0 aromatic carbocycles. The van der Waals surface area contributed by atoms with Gasteiger partial charge < -0.3 is 9.64 Å². The maximum atomic E-state index is 5.85. The Kier molecular flexibility index (Phi) is 5.52. The van der Waals surface area contributed by atoms with Gasteiger partial charge in [-0.15, -0.1) is 0 Å². The van der Waals surface area contributed by atoms with Gasteiger partial charge in [-0.05, 0) is 32.3 Å². The first-order valence-corrected chi connectivity index (χ1v) is 7.00. The fourth-order valence-corrected chi connectivity index (χ4v) is 2.40. The molecular weight excluding hydrogens is 222 g/mol. The van der Waals surface area contributed by atoms with Crippen molar-refractivity contribution in [3.63, 3.8) is 0 Å². The lowest BCUT2D eigenvalue weighted by Gasteiger charge is -2.33. The molecule has 2 heteroatoms. The molecule has 0 saturated carbocycles. The molecule has 102 valence electrons. The molecule has 0 spiro atoms. The van der Waals surface area contributed by atoms with Gasteiger partial charge in [-0.3, -0.25) is 0 Å². The van der Waals surface area contributed by atoms with E-state index in [1.54, 1.807) is 0 Å². The predicted octanol–water partition coefficient (Wildman–Crippen LogP) is 4.47. The van der Waals surface area contributed by atoms with E-state index in [9.17, 15) is 0 Å². The maximum Gasteiger partial charge on any atom is 0.197 e. The zero-order chi connectivity index (χ0) is 13.7. The van der Waals surface area contributed by atoms with E-state index in [4.69, 9.17) is 4.74 Å². The summed E-state index contributed by atoms with van der Waals surface area (Å²) >= 11 is 0. The summed E-state index contributed by atoms with van der Waals surface area (Å²) in [5.74, 6) is 1.39. The molecule has 1 unspecified atom stereocenters. The second-order valence-corrected chi connectivity index (χ2v) is 5.01. The minimum atomic E-state index is 0.395. The Balaban J connectivity index is 3.02. The molecule has 1 aliphatic heterocycles. The van der Waals surface area contributed by atoms with Crippen LogP contribution >= 0.6 is 0 Å². The number of rotatable bonds is 6. The third-order valence-electron chi connectivity index (χ3n) is 3.50. The summed E-state index contributed by atoms with van der Waals surface area (Å²) in [6, 6.07) is 0. The summed E-state index contributed by atoms with van der Waals surface area (Å²) in [7, 11) is 2.07. The molecule has 0 aromatic heterocycles. The summed E-state index contributed by atoms with van der Waals surface area (Å²) in [5.41, 5.74) is 3.75. The topological polar surface area (TPSA) is 12.5 Å². The predicted molar refractivity (Wildman–Crippen MR) is 78.0 cm³/mol. The first-order valence-electron chi connectivity index (χ1n) is 7.00. The quantitative estimate of drug-likeness (QED) is 0.689. The first kappa shape index (κ1) is 14.9. The van der Waals surface area contributed by atoms with Gasteiger partial charge >= 0.3 is 0 Å². The third-order valence-corrected chi connectivity index (χ3v) is 3.50. The first-order chi connectivity index (χ1) is 8.52. The molecule has 0 radical (unpaired) electrons. The van der Waals surface area contributed by atoms with Crippen molar-refractivity contribution in [2.45, 2.75) is 47.0 Å². The van der Waals surface area contributed by atoms with Crippen molar-refractivity contribution in [2.24, 2.45) is 5.92 Å². The second-order valence-electron chi connectivity index (χ2n) is 5.01. The molecule has 0 fully saturated rings. The maximum absolute atomic E-state index is 5.85. The van der Waals surface area contributed by atoms with Crippen molar-refractivity contribution in [1.29, 1.82) is 0 Å². The van der Waals surface area contributed by atoms with Crippen LogP contribution in [0, 0.1) is 5.92 Å². The summed E-state index contributed by atoms with van der Waals surface area (Å²) < 4.78 is 5.85. The van der Waals surface area contributed by atoms with Crippen LogP contribution in [0.15, 0.2) is 35.4 Å². The Labute approximate surface area is 112 Å². The van der Waals surface area contributed by atoms with Crippen LogP contribution < -0.4 is 0 Å². The van der Waals surface area contributed by atoms with E-state index in [0.29, 0.717) is 12.5 Å². The highest BCUT2D eigenvalue weighted by Crippen LogP contribution is 2.34. The van der Waals surface area contributed by atoms with Crippen LogP contribution in [0.2, 0.25) is 0 Å². The molecular formula is C16H27NO. The van der Waals surface area contributed by atoms with Gasteiger partial charge in [-0.1, -0.05) is 32.9 Å². The summed E-state index contributed by atoms with van der Waals surface area (Å²) in [6.45, 7) is 13.6. The minimum Gasteiger partial charge on any atom is -0.479 e. The lowest BCUT2D eigenvalue weighted by Crippen LogP contribution is -2.26. The molecule has 1 atom stereocenters. The monoisotopic (exact) mass is 249 g/mol.